The molecule has 2 nitrogen and oxygen atoms in total. The number of aliphatic hydroxyl groups excluding tert-OH is 1. The molecule has 2 saturated carbocycles. The van der Waals surface area contributed by atoms with Crippen molar-refractivity contribution in [2.75, 3.05) is 4.43 Å². The van der Waals surface area contributed by atoms with E-state index in [1.54, 1.807) is 0 Å². The van der Waals surface area contributed by atoms with Gasteiger partial charge in [-0.05, 0) is 25.7 Å². The second-order valence-corrected chi connectivity index (χ2v) is 7.14. The number of hydrogen-bond donors (Lipinski definition) is 1. The largest absolute Gasteiger partial charge is 0.491 e. The fourth-order valence-corrected chi connectivity index (χ4v) is 4.68. The van der Waals surface area contributed by atoms with E-state index < -0.39 is 0 Å². The SMILES string of the molecule is C=C1OC2(CC1(C)CI)C1CCC(O)CCC12. The van der Waals surface area contributed by atoms with Gasteiger partial charge in [0.25, 0.3) is 0 Å². The molecular weight excluding hydrogens is 327 g/mol. The summed E-state index contributed by atoms with van der Waals surface area (Å²) in [4.78, 5) is 0. The Morgan fingerprint density at radius 3 is 2.41 bits per heavy atom. The zero-order valence-corrected chi connectivity index (χ0v) is 12.6. The van der Waals surface area contributed by atoms with Gasteiger partial charge in [0.1, 0.15) is 5.60 Å². The Kier molecular flexibility index (Phi) is 2.79. The monoisotopic (exact) mass is 348 g/mol. The predicted octanol–water partition coefficient (Wildman–Crippen LogP) is 3.28. The van der Waals surface area contributed by atoms with Crippen LogP contribution in [0.15, 0.2) is 12.3 Å². The highest BCUT2D eigenvalue weighted by Gasteiger charge is 2.71. The van der Waals surface area contributed by atoms with Crippen LogP contribution in [-0.4, -0.2) is 21.2 Å². The normalized spacial score (nSPS) is 53.1. The van der Waals surface area contributed by atoms with E-state index in [4.69, 9.17) is 4.74 Å². The highest BCUT2D eigenvalue weighted by atomic mass is 127. The molecule has 0 radical (unpaired) electrons. The Morgan fingerprint density at radius 2 is 1.94 bits per heavy atom. The van der Waals surface area contributed by atoms with Crippen LogP contribution < -0.4 is 0 Å². The van der Waals surface area contributed by atoms with Gasteiger partial charge in [0.15, 0.2) is 0 Å². The summed E-state index contributed by atoms with van der Waals surface area (Å²) in [5, 5.41) is 9.70. The highest BCUT2D eigenvalue weighted by molar-refractivity contribution is 14.1. The third-order valence-corrected chi connectivity index (χ3v) is 6.89. The quantitative estimate of drug-likeness (QED) is 0.582. The van der Waals surface area contributed by atoms with Crippen molar-refractivity contribution in [1.82, 2.24) is 0 Å². The summed E-state index contributed by atoms with van der Waals surface area (Å²) in [6, 6.07) is 0. The first kappa shape index (κ1) is 12.3. The number of ether oxygens (including phenoxy) is 1. The Balaban J connectivity index is 1.77. The molecule has 96 valence electrons. The second-order valence-electron chi connectivity index (χ2n) is 6.37. The summed E-state index contributed by atoms with van der Waals surface area (Å²) < 4.78 is 7.31. The van der Waals surface area contributed by atoms with E-state index in [2.05, 4.69) is 36.1 Å². The van der Waals surface area contributed by atoms with E-state index in [0.717, 1.165) is 42.3 Å². The molecule has 3 atom stereocenters. The lowest BCUT2D eigenvalue weighted by Gasteiger charge is -2.18. The van der Waals surface area contributed by atoms with Crippen LogP contribution >= 0.6 is 22.6 Å². The number of fused-ring (bicyclic) bond motifs is 3. The maximum Gasteiger partial charge on any atom is 0.116 e. The average Bonchev–Trinajstić information content (AvgIpc) is 2.85. The van der Waals surface area contributed by atoms with Crippen LogP contribution in [0, 0.1) is 17.3 Å². The fraction of sp³-hybridized carbons (Fsp3) is 0.857. The summed E-state index contributed by atoms with van der Waals surface area (Å²) in [5.41, 5.74) is 0.280. The van der Waals surface area contributed by atoms with Crippen molar-refractivity contribution in [1.29, 1.82) is 0 Å². The molecule has 1 N–H and O–H groups in total. The van der Waals surface area contributed by atoms with Crippen molar-refractivity contribution in [2.24, 2.45) is 17.3 Å². The van der Waals surface area contributed by atoms with E-state index in [1.165, 1.54) is 0 Å². The minimum atomic E-state index is -0.0691. The van der Waals surface area contributed by atoms with Crippen LogP contribution in [0.4, 0.5) is 0 Å². The third kappa shape index (κ3) is 1.68. The van der Waals surface area contributed by atoms with Crippen molar-refractivity contribution in [3.8, 4) is 0 Å². The molecule has 3 rings (SSSR count). The van der Waals surface area contributed by atoms with Crippen molar-refractivity contribution < 1.29 is 9.84 Å². The molecule has 0 bridgehead atoms. The van der Waals surface area contributed by atoms with E-state index in [9.17, 15) is 5.11 Å². The molecule has 1 saturated heterocycles. The van der Waals surface area contributed by atoms with Gasteiger partial charge in [0.2, 0.25) is 0 Å². The molecule has 3 fully saturated rings. The predicted molar refractivity (Wildman–Crippen MR) is 76.0 cm³/mol. The number of aliphatic hydroxyl groups is 1. The molecule has 3 heteroatoms. The molecule has 3 unspecified atom stereocenters. The lowest BCUT2D eigenvalue weighted by molar-refractivity contribution is 0.0886. The van der Waals surface area contributed by atoms with Gasteiger partial charge >= 0.3 is 0 Å². The number of hydrogen-bond acceptors (Lipinski definition) is 2. The van der Waals surface area contributed by atoms with Gasteiger partial charge in [-0.1, -0.05) is 36.1 Å². The summed E-state index contributed by atoms with van der Waals surface area (Å²) in [6.07, 6.45) is 5.26. The molecule has 3 aliphatic rings. The van der Waals surface area contributed by atoms with Crippen LogP contribution in [0.2, 0.25) is 0 Å². The lowest BCUT2D eigenvalue weighted by Crippen LogP contribution is -2.20. The second kappa shape index (κ2) is 3.86. The topological polar surface area (TPSA) is 29.5 Å². The van der Waals surface area contributed by atoms with Crippen LogP contribution in [0.5, 0.6) is 0 Å². The Bertz CT molecular complexity index is 340. The molecule has 0 amide bonds. The standard InChI is InChI=1S/C14H21IO2/c1-9-13(2,8-15)7-14(17-9)11-5-3-10(16)4-6-12(11)14/h10-12,16H,1,3-8H2,2H3. The van der Waals surface area contributed by atoms with E-state index in [1.807, 2.05) is 0 Å². The number of rotatable bonds is 1. The summed E-state index contributed by atoms with van der Waals surface area (Å²) in [5.74, 6) is 2.36. The fourth-order valence-electron chi connectivity index (χ4n) is 3.99. The summed E-state index contributed by atoms with van der Waals surface area (Å²) >= 11 is 2.45. The van der Waals surface area contributed by atoms with Crippen LogP contribution in [0.3, 0.4) is 0 Å². The zero-order valence-electron chi connectivity index (χ0n) is 10.4. The molecule has 1 aliphatic heterocycles. The van der Waals surface area contributed by atoms with Crippen molar-refractivity contribution in [3.05, 3.63) is 12.3 Å². The van der Waals surface area contributed by atoms with E-state index >= 15 is 0 Å². The van der Waals surface area contributed by atoms with Crippen LogP contribution in [-0.2, 0) is 4.74 Å². The minimum Gasteiger partial charge on any atom is -0.491 e. The molecule has 1 spiro atoms. The minimum absolute atomic E-state index is 0.0691. The molecule has 17 heavy (non-hydrogen) atoms. The van der Waals surface area contributed by atoms with Gasteiger partial charge in [0, 0.05) is 28.1 Å². The van der Waals surface area contributed by atoms with Crippen molar-refractivity contribution >= 4 is 22.6 Å². The zero-order chi connectivity index (χ0) is 12.3. The first-order valence-corrected chi connectivity index (χ1v) is 8.17. The summed E-state index contributed by atoms with van der Waals surface area (Å²) in [6.45, 7) is 6.42. The first-order chi connectivity index (χ1) is 8.02. The van der Waals surface area contributed by atoms with Gasteiger partial charge in [-0.2, -0.15) is 0 Å². The average molecular weight is 348 g/mol. The number of allylic oxidation sites excluding steroid dienone is 1. The maximum atomic E-state index is 9.70. The Hall–Kier alpha value is 0.230. The molecule has 0 aromatic carbocycles. The van der Waals surface area contributed by atoms with E-state index in [0.29, 0.717) is 11.8 Å². The molecule has 0 aromatic rings. The Morgan fingerprint density at radius 1 is 1.35 bits per heavy atom. The first-order valence-electron chi connectivity index (χ1n) is 6.64. The smallest absolute Gasteiger partial charge is 0.116 e. The van der Waals surface area contributed by atoms with Gasteiger partial charge in [0.05, 0.1) is 11.9 Å². The number of halogens is 1. The maximum absolute atomic E-state index is 9.70. The van der Waals surface area contributed by atoms with Crippen molar-refractivity contribution in [2.45, 2.75) is 50.7 Å². The van der Waals surface area contributed by atoms with Gasteiger partial charge in [-0.25, -0.2) is 0 Å². The third-order valence-electron chi connectivity index (χ3n) is 5.20. The molecule has 1 heterocycles. The van der Waals surface area contributed by atoms with Crippen molar-refractivity contribution in [3.63, 3.8) is 0 Å². The van der Waals surface area contributed by atoms with Crippen LogP contribution in [0.1, 0.15) is 39.0 Å². The molecule has 0 aromatic heterocycles. The molecule has 2 aliphatic carbocycles. The Labute approximate surface area is 117 Å². The molecular formula is C14H21IO2. The highest BCUT2D eigenvalue weighted by Crippen LogP contribution is 2.69. The van der Waals surface area contributed by atoms with Gasteiger partial charge in [-0.15, -0.1) is 0 Å². The van der Waals surface area contributed by atoms with Gasteiger partial charge < -0.3 is 9.84 Å². The number of alkyl halides is 1. The lowest BCUT2D eigenvalue weighted by atomic mass is 9.85. The van der Waals surface area contributed by atoms with Gasteiger partial charge in [-0.3, -0.25) is 0 Å². The summed E-state index contributed by atoms with van der Waals surface area (Å²) in [7, 11) is 0. The van der Waals surface area contributed by atoms with Crippen LogP contribution in [0.25, 0.3) is 0 Å². The van der Waals surface area contributed by atoms with E-state index in [-0.39, 0.29) is 17.1 Å².